The molecule has 0 atom stereocenters. The van der Waals surface area contributed by atoms with E-state index in [1.54, 1.807) is 18.4 Å². The van der Waals surface area contributed by atoms with Crippen LogP contribution in [0.15, 0.2) is 17.1 Å². The summed E-state index contributed by atoms with van der Waals surface area (Å²) < 4.78 is 66.6. The minimum atomic E-state index is -5.13. The van der Waals surface area contributed by atoms with Crippen LogP contribution in [0.2, 0.25) is 0 Å². The third-order valence-electron chi connectivity index (χ3n) is 3.33. The average Bonchev–Trinajstić information content (AvgIpc) is 2.72. The molecule has 0 saturated heterocycles. The molecule has 0 saturated carbocycles. The molecule has 3 nitrogen and oxygen atoms in total. The number of Topliss-reactive ketones (excluding diaryl/α,β-unsaturated/α-hetero) is 1. The number of halogens is 5. The second-order valence-electron chi connectivity index (χ2n) is 4.99. The van der Waals surface area contributed by atoms with Crippen molar-refractivity contribution < 1.29 is 26.7 Å². The van der Waals surface area contributed by atoms with Crippen LogP contribution in [0, 0.1) is 18.6 Å². The van der Waals surface area contributed by atoms with Gasteiger partial charge >= 0.3 is 6.18 Å². The molecular formula is C15H13F5N2OS. The van der Waals surface area contributed by atoms with Gasteiger partial charge in [0.05, 0.1) is 10.6 Å². The minimum absolute atomic E-state index is 0.189. The first-order valence-electron chi connectivity index (χ1n) is 6.88. The number of rotatable bonds is 3. The van der Waals surface area contributed by atoms with Gasteiger partial charge in [-0.2, -0.15) is 13.2 Å². The maximum Gasteiger partial charge on any atom is 0.422 e. The number of benzene rings is 1. The number of carbonyl (C=O) groups is 1. The van der Waals surface area contributed by atoms with Gasteiger partial charge in [0.25, 0.3) is 0 Å². The molecule has 0 aliphatic heterocycles. The summed E-state index contributed by atoms with van der Waals surface area (Å²) in [6, 6.07) is 1.04. The van der Waals surface area contributed by atoms with E-state index in [-0.39, 0.29) is 16.3 Å². The molecule has 1 aromatic carbocycles. The quantitative estimate of drug-likeness (QED) is 0.579. The second-order valence-corrected chi connectivity index (χ2v) is 5.97. The fourth-order valence-electron chi connectivity index (χ4n) is 2.27. The average molecular weight is 364 g/mol. The number of ketones is 1. The first-order valence-corrected chi connectivity index (χ1v) is 7.70. The molecule has 0 spiro atoms. The largest absolute Gasteiger partial charge is 0.422 e. The Morgan fingerprint density at radius 2 is 1.79 bits per heavy atom. The molecular weight excluding hydrogens is 351 g/mol. The van der Waals surface area contributed by atoms with Crippen LogP contribution in [0.4, 0.5) is 27.6 Å². The summed E-state index contributed by atoms with van der Waals surface area (Å²) >= 11 is 1.01. The maximum absolute atomic E-state index is 13.6. The zero-order valence-electron chi connectivity index (χ0n) is 13.0. The van der Waals surface area contributed by atoms with E-state index in [4.69, 9.17) is 0 Å². The highest BCUT2D eigenvalue weighted by atomic mass is 32.1. The van der Waals surface area contributed by atoms with E-state index < -0.39 is 23.4 Å². The van der Waals surface area contributed by atoms with E-state index in [1.807, 2.05) is 0 Å². The van der Waals surface area contributed by atoms with Gasteiger partial charge in [0, 0.05) is 31.3 Å². The molecule has 1 heterocycles. The molecule has 0 aliphatic carbocycles. The lowest BCUT2D eigenvalue weighted by Gasteiger charge is -2.09. The Morgan fingerprint density at radius 3 is 2.21 bits per heavy atom. The van der Waals surface area contributed by atoms with Crippen LogP contribution in [-0.4, -0.2) is 10.4 Å². The van der Waals surface area contributed by atoms with Crippen LogP contribution in [0.1, 0.15) is 34.8 Å². The number of carbonyl (C=O) groups excluding carboxylic acids is 1. The zero-order valence-corrected chi connectivity index (χ0v) is 13.8. The number of aromatic nitrogens is 1. The maximum atomic E-state index is 13.6. The molecule has 2 rings (SSSR count). The minimum Gasteiger partial charge on any atom is -0.321 e. The highest BCUT2D eigenvalue weighted by Gasteiger charge is 2.37. The molecule has 2 aromatic rings. The molecule has 0 unspecified atom stereocenters. The predicted octanol–water partition coefficient (Wildman–Crippen LogP) is 4.61. The van der Waals surface area contributed by atoms with Crippen molar-refractivity contribution in [1.82, 2.24) is 4.57 Å². The first kappa shape index (κ1) is 18.3. The molecule has 0 N–H and O–H groups in total. The lowest BCUT2D eigenvalue weighted by molar-refractivity contribution is -0.142. The Kier molecular flexibility index (Phi) is 4.93. The standard InChI is InChI=1S/C15H13F5N2OS/c1-4-22-7(2)13(8(3)23)24-14(22)21-9-5-10(16)12(11(17)6-9)15(18,19)20/h5-6H,4H2,1-3H3. The van der Waals surface area contributed by atoms with Crippen molar-refractivity contribution in [2.75, 3.05) is 0 Å². The molecule has 1 aromatic heterocycles. The lowest BCUT2D eigenvalue weighted by Crippen LogP contribution is -2.15. The summed E-state index contributed by atoms with van der Waals surface area (Å²) in [6.45, 7) is 5.31. The van der Waals surface area contributed by atoms with E-state index >= 15 is 0 Å². The van der Waals surface area contributed by atoms with Gasteiger partial charge < -0.3 is 4.57 Å². The second kappa shape index (κ2) is 6.46. The topological polar surface area (TPSA) is 34.4 Å². The fourth-order valence-corrected chi connectivity index (χ4v) is 3.39. The SMILES string of the molecule is CCn1c(C)c(C(C)=O)sc1=Nc1cc(F)c(C(F)(F)F)c(F)c1. The van der Waals surface area contributed by atoms with E-state index in [2.05, 4.69) is 4.99 Å². The molecule has 0 amide bonds. The Bertz CT molecular complexity index is 841. The Morgan fingerprint density at radius 1 is 1.25 bits per heavy atom. The number of nitrogens with zero attached hydrogens (tertiary/aromatic N) is 2. The van der Waals surface area contributed by atoms with Crippen molar-refractivity contribution in [1.29, 1.82) is 0 Å². The molecule has 0 bridgehead atoms. The van der Waals surface area contributed by atoms with Crippen LogP contribution >= 0.6 is 11.3 Å². The van der Waals surface area contributed by atoms with E-state index in [0.717, 1.165) is 11.3 Å². The van der Waals surface area contributed by atoms with E-state index in [9.17, 15) is 26.7 Å². The Balaban J connectivity index is 2.65. The van der Waals surface area contributed by atoms with Crippen molar-refractivity contribution in [3.63, 3.8) is 0 Å². The summed E-state index contributed by atoms with van der Waals surface area (Å²) in [4.78, 5) is 16.3. The third kappa shape index (κ3) is 3.40. The Hall–Kier alpha value is -2.03. The van der Waals surface area contributed by atoms with Gasteiger partial charge in [-0.05, 0) is 13.8 Å². The van der Waals surface area contributed by atoms with Crippen molar-refractivity contribution in [2.45, 2.75) is 33.5 Å². The number of thiazole rings is 1. The van der Waals surface area contributed by atoms with Gasteiger partial charge in [-0.3, -0.25) is 4.79 Å². The summed E-state index contributed by atoms with van der Waals surface area (Å²) in [6.07, 6.45) is -5.13. The van der Waals surface area contributed by atoms with Crippen molar-refractivity contribution >= 4 is 22.8 Å². The summed E-state index contributed by atoms with van der Waals surface area (Å²) in [5.41, 5.74) is -1.60. The van der Waals surface area contributed by atoms with E-state index in [0.29, 0.717) is 29.2 Å². The summed E-state index contributed by atoms with van der Waals surface area (Å²) in [7, 11) is 0. The third-order valence-corrected chi connectivity index (χ3v) is 4.61. The van der Waals surface area contributed by atoms with Gasteiger partial charge in [0.1, 0.15) is 17.2 Å². The number of hydrogen-bond acceptors (Lipinski definition) is 3. The van der Waals surface area contributed by atoms with Crippen LogP contribution in [0.25, 0.3) is 0 Å². The molecule has 9 heteroatoms. The molecule has 130 valence electrons. The van der Waals surface area contributed by atoms with Gasteiger partial charge in [-0.1, -0.05) is 11.3 Å². The van der Waals surface area contributed by atoms with E-state index in [1.165, 1.54) is 6.92 Å². The van der Waals surface area contributed by atoms with Gasteiger partial charge in [-0.15, -0.1) is 0 Å². The van der Waals surface area contributed by atoms with Crippen LogP contribution < -0.4 is 4.80 Å². The highest BCUT2D eigenvalue weighted by molar-refractivity contribution is 7.11. The molecule has 24 heavy (non-hydrogen) atoms. The smallest absolute Gasteiger partial charge is 0.321 e. The molecule has 0 fully saturated rings. The number of alkyl halides is 3. The zero-order chi connectivity index (χ0) is 18.2. The van der Waals surface area contributed by atoms with Crippen molar-refractivity contribution in [3.05, 3.63) is 44.7 Å². The van der Waals surface area contributed by atoms with Crippen molar-refractivity contribution in [3.8, 4) is 0 Å². The van der Waals surface area contributed by atoms with Crippen LogP contribution in [0.3, 0.4) is 0 Å². The predicted molar refractivity (Wildman–Crippen MR) is 79.3 cm³/mol. The highest BCUT2D eigenvalue weighted by Crippen LogP contribution is 2.35. The number of hydrogen-bond donors (Lipinski definition) is 0. The van der Waals surface area contributed by atoms with Crippen LogP contribution in [0.5, 0.6) is 0 Å². The molecule has 0 radical (unpaired) electrons. The van der Waals surface area contributed by atoms with Crippen molar-refractivity contribution in [2.24, 2.45) is 4.99 Å². The van der Waals surface area contributed by atoms with Gasteiger partial charge in [0.2, 0.25) is 0 Å². The van der Waals surface area contributed by atoms with Gasteiger partial charge in [-0.25, -0.2) is 13.8 Å². The van der Waals surface area contributed by atoms with Crippen LogP contribution in [-0.2, 0) is 12.7 Å². The first-order chi connectivity index (χ1) is 11.1. The fraction of sp³-hybridized carbons (Fsp3) is 0.333. The molecule has 0 aliphatic rings. The lowest BCUT2D eigenvalue weighted by atomic mass is 10.1. The summed E-state index contributed by atoms with van der Waals surface area (Å²) in [5, 5.41) is 0. The normalized spacial score (nSPS) is 12.8. The Labute approximate surface area is 138 Å². The monoisotopic (exact) mass is 364 g/mol. The van der Waals surface area contributed by atoms with Gasteiger partial charge in [0.15, 0.2) is 10.6 Å². The summed E-state index contributed by atoms with van der Waals surface area (Å²) in [5.74, 6) is -3.65.